The fraction of sp³-hybridized carbons (Fsp3) is 0.375. The molecule has 0 radical (unpaired) electrons. The molecule has 0 bridgehead atoms. The van der Waals surface area contributed by atoms with Crippen LogP contribution in [0, 0.1) is 0 Å². The Hall–Kier alpha value is -3.60. The zero-order valence-corrected chi connectivity index (χ0v) is 21.4. The van der Waals surface area contributed by atoms with Crippen LogP contribution in [0.4, 0.5) is 11.4 Å². The topological polar surface area (TPSA) is 57.9 Å². The summed E-state index contributed by atoms with van der Waals surface area (Å²) in [5.41, 5.74) is 5.65. The molecule has 5 heteroatoms. The second-order valence-corrected chi connectivity index (χ2v) is 10.5. The van der Waals surface area contributed by atoms with Crippen molar-refractivity contribution in [2.24, 2.45) is 0 Å². The van der Waals surface area contributed by atoms with Gasteiger partial charge in [-0.3, -0.25) is 0 Å². The molecule has 0 amide bonds. The van der Waals surface area contributed by atoms with E-state index < -0.39 is 5.97 Å². The largest absolute Gasteiger partial charge is 0.545 e. The van der Waals surface area contributed by atoms with Crippen molar-refractivity contribution in [2.75, 3.05) is 36.0 Å². The van der Waals surface area contributed by atoms with E-state index in [4.69, 9.17) is 4.42 Å². The summed E-state index contributed by atoms with van der Waals surface area (Å²) in [6, 6.07) is 20.0. The van der Waals surface area contributed by atoms with Gasteiger partial charge in [-0.1, -0.05) is 49.9 Å². The maximum atomic E-state index is 12.1. The third-order valence-electron chi connectivity index (χ3n) is 8.05. The van der Waals surface area contributed by atoms with Crippen molar-refractivity contribution in [1.82, 2.24) is 0 Å². The lowest BCUT2D eigenvalue weighted by molar-refractivity contribution is -0.254. The molecule has 4 aromatic rings. The molecule has 2 aliphatic rings. The summed E-state index contributed by atoms with van der Waals surface area (Å²) in [5, 5.41) is 13.9. The minimum absolute atomic E-state index is 0.199. The molecule has 1 aromatic heterocycles. The van der Waals surface area contributed by atoms with Gasteiger partial charge < -0.3 is 19.7 Å². The van der Waals surface area contributed by atoms with E-state index >= 15 is 0 Å². The van der Waals surface area contributed by atoms with Gasteiger partial charge in [-0.05, 0) is 55.5 Å². The fourth-order valence-electron chi connectivity index (χ4n) is 6.09. The molecule has 0 atom stereocenters. The highest BCUT2D eigenvalue weighted by atomic mass is 16.4. The Bertz CT molecular complexity index is 1350. The number of benzene rings is 3. The van der Waals surface area contributed by atoms with Crippen molar-refractivity contribution in [3.05, 3.63) is 66.2 Å². The lowest BCUT2D eigenvalue weighted by Gasteiger charge is -2.23. The van der Waals surface area contributed by atoms with E-state index in [-0.39, 0.29) is 5.56 Å². The highest BCUT2D eigenvalue weighted by Crippen LogP contribution is 2.40. The summed E-state index contributed by atoms with van der Waals surface area (Å²) >= 11 is 0. The number of hydrogen-bond donors (Lipinski definition) is 0. The van der Waals surface area contributed by atoms with E-state index in [9.17, 15) is 9.90 Å². The van der Waals surface area contributed by atoms with Gasteiger partial charge >= 0.3 is 11.2 Å². The smallest absolute Gasteiger partial charge is 0.363 e. The number of carbonyl (C=O) groups excluding carboxylic acids is 1. The Balaban J connectivity index is 1.56. The standard InChI is InChI=1S/C32H34N2O3/c35-32(36)26-12-6-5-11-25(26)31-27-15-13-23(33-17-7-1-2-8-18-33)21-29(27)37-30-22-24(14-16-28(30)31)34-19-9-3-4-10-20-34/h5-6,11-16,21-22H,1-4,7-10,17-20H2. The van der Waals surface area contributed by atoms with Crippen LogP contribution in [-0.4, -0.2) is 32.1 Å². The van der Waals surface area contributed by atoms with E-state index in [1.165, 1.54) is 62.7 Å². The average molecular weight is 495 g/mol. The molecule has 0 N–H and O–H groups in total. The number of rotatable bonds is 4. The minimum Gasteiger partial charge on any atom is -0.545 e. The second-order valence-electron chi connectivity index (χ2n) is 10.5. The van der Waals surface area contributed by atoms with Crippen molar-refractivity contribution >= 4 is 39.3 Å². The maximum Gasteiger partial charge on any atom is 0.363 e. The number of nitrogens with zero attached hydrogens (tertiary/aromatic N) is 2. The highest BCUT2D eigenvalue weighted by molar-refractivity contribution is 6.12. The Morgan fingerprint density at radius 1 is 0.649 bits per heavy atom. The van der Waals surface area contributed by atoms with Crippen LogP contribution in [0.25, 0.3) is 33.1 Å². The second kappa shape index (κ2) is 10.4. The average Bonchev–Trinajstić information content (AvgIpc) is 3.37. The van der Waals surface area contributed by atoms with Crippen LogP contribution >= 0.6 is 0 Å². The molecule has 0 aliphatic carbocycles. The molecule has 2 fully saturated rings. The van der Waals surface area contributed by atoms with E-state index in [1.54, 1.807) is 12.1 Å². The first kappa shape index (κ1) is 23.8. The predicted molar refractivity (Wildman–Crippen MR) is 149 cm³/mol. The number of carbonyl (C=O) groups is 1. The summed E-state index contributed by atoms with van der Waals surface area (Å²) in [6.45, 7) is 4.22. The van der Waals surface area contributed by atoms with Crippen LogP contribution in [0.2, 0.25) is 0 Å². The molecule has 37 heavy (non-hydrogen) atoms. The van der Waals surface area contributed by atoms with Gasteiger partial charge in [0.15, 0.2) is 0 Å². The van der Waals surface area contributed by atoms with E-state index in [1.807, 2.05) is 12.1 Å². The van der Waals surface area contributed by atoms with Crippen LogP contribution < -0.4 is 14.9 Å². The molecule has 190 valence electrons. The van der Waals surface area contributed by atoms with Gasteiger partial charge in [0.2, 0.25) is 0 Å². The van der Waals surface area contributed by atoms with E-state index in [0.29, 0.717) is 5.56 Å². The Morgan fingerprint density at radius 2 is 1.14 bits per heavy atom. The molecule has 0 unspecified atom stereocenters. The molecule has 3 heterocycles. The molecular formula is C32H34N2O3. The van der Waals surface area contributed by atoms with Gasteiger partial charge in [-0.2, -0.15) is 0 Å². The van der Waals surface area contributed by atoms with E-state index in [0.717, 1.165) is 53.7 Å². The monoisotopic (exact) mass is 494 g/mol. The molecule has 2 saturated heterocycles. The van der Waals surface area contributed by atoms with Crippen molar-refractivity contribution in [3.8, 4) is 11.1 Å². The summed E-state index contributed by atoms with van der Waals surface area (Å²) in [7, 11) is 0. The quantitative estimate of drug-likeness (QED) is 0.235. The number of anilines is 2. The van der Waals surface area contributed by atoms with Crippen molar-refractivity contribution in [3.63, 3.8) is 0 Å². The van der Waals surface area contributed by atoms with E-state index in [2.05, 4.69) is 46.2 Å². The van der Waals surface area contributed by atoms with Gasteiger partial charge in [-0.25, -0.2) is 4.42 Å². The first-order valence-electron chi connectivity index (χ1n) is 13.8. The van der Waals surface area contributed by atoms with Crippen LogP contribution in [-0.2, 0) is 0 Å². The molecule has 6 rings (SSSR count). The third kappa shape index (κ3) is 4.75. The molecule has 5 nitrogen and oxygen atoms in total. The highest BCUT2D eigenvalue weighted by Gasteiger charge is 2.25. The number of fused-ring (bicyclic) bond motifs is 2. The molecular weight excluding hydrogens is 460 g/mol. The number of carboxylic acid groups (broad SMARTS) is 1. The van der Waals surface area contributed by atoms with Gasteiger partial charge in [-0.15, -0.1) is 0 Å². The Morgan fingerprint density at radius 3 is 1.62 bits per heavy atom. The zero-order chi connectivity index (χ0) is 25.2. The summed E-state index contributed by atoms with van der Waals surface area (Å²) in [6.07, 6.45) is 9.94. The normalized spacial score (nSPS) is 17.1. The minimum atomic E-state index is -1.17. The SMILES string of the molecule is O=C([O-])c1ccccc1-c1c2ccc(N3CCCCCC3)cc2[o+]c2cc(N3CCCCCC3)ccc12. The van der Waals surface area contributed by atoms with Crippen LogP contribution in [0.15, 0.2) is 65.1 Å². The summed E-state index contributed by atoms with van der Waals surface area (Å²) in [4.78, 5) is 17.0. The summed E-state index contributed by atoms with van der Waals surface area (Å²) in [5.74, 6) is -1.17. The molecule has 3 aromatic carbocycles. The molecule has 0 spiro atoms. The lowest BCUT2D eigenvalue weighted by Crippen LogP contribution is -2.24. The fourth-order valence-corrected chi connectivity index (χ4v) is 6.09. The summed E-state index contributed by atoms with van der Waals surface area (Å²) < 4.78 is 6.62. The third-order valence-corrected chi connectivity index (χ3v) is 8.05. The first-order chi connectivity index (χ1) is 18.2. The Kier molecular flexibility index (Phi) is 6.69. The first-order valence-corrected chi connectivity index (χ1v) is 13.8. The van der Waals surface area contributed by atoms with Crippen LogP contribution in [0.3, 0.4) is 0 Å². The molecule has 2 aliphatic heterocycles. The Labute approximate surface area is 218 Å². The van der Waals surface area contributed by atoms with Gasteiger partial charge in [0, 0.05) is 48.7 Å². The van der Waals surface area contributed by atoms with Crippen molar-refractivity contribution < 1.29 is 14.3 Å². The maximum absolute atomic E-state index is 12.1. The number of hydrogen-bond acceptors (Lipinski definition) is 4. The van der Waals surface area contributed by atoms with Crippen LogP contribution in [0.5, 0.6) is 0 Å². The number of carboxylic acids is 1. The predicted octanol–water partition coefficient (Wildman–Crippen LogP) is 6.66. The molecule has 0 saturated carbocycles. The van der Waals surface area contributed by atoms with Gasteiger partial charge in [0.25, 0.3) is 0 Å². The van der Waals surface area contributed by atoms with Crippen LogP contribution in [0.1, 0.15) is 61.7 Å². The van der Waals surface area contributed by atoms with Crippen molar-refractivity contribution in [2.45, 2.75) is 51.4 Å². The van der Waals surface area contributed by atoms with Crippen molar-refractivity contribution in [1.29, 1.82) is 0 Å². The zero-order valence-electron chi connectivity index (χ0n) is 21.4. The van der Waals surface area contributed by atoms with Gasteiger partial charge in [0.1, 0.15) is 0 Å². The number of aromatic carboxylic acids is 1. The van der Waals surface area contributed by atoms with Gasteiger partial charge in [0.05, 0.1) is 28.9 Å². The lowest BCUT2D eigenvalue weighted by atomic mass is 9.93.